The first-order valence-electron chi connectivity index (χ1n) is 3.08. The van der Waals surface area contributed by atoms with E-state index in [1.54, 1.807) is 0 Å². The van der Waals surface area contributed by atoms with Crippen molar-refractivity contribution in [1.29, 1.82) is 0 Å². The third-order valence-electron chi connectivity index (χ3n) is 0.958. The fraction of sp³-hybridized carbons (Fsp3) is 0.143. The monoisotopic (exact) mass is 171 g/mol. The predicted octanol–water partition coefficient (Wildman–Crippen LogP) is 2.76. The maximum Gasteiger partial charge on any atom is 0.0280 e. The van der Waals surface area contributed by atoms with E-state index in [1.807, 2.05) is 24.3 Å². The molecule has 0 bridgehead atoms. The van der Waals surface area contributed by atoms with Crippen molar-refractivity contribution in [3.8, 4) is 0 Å². The Morgan fingerprint density at radius 1 is 1.50 bits per heavy atom. The van der Waals surface area contributed by atoms with Crippen LogP contribution in [-0.4, -0.2) is 0 Å². The number of aryl methyl sites for hydroxylation is 1. The molecule has 0 amide bonds. The third-order valence-corrected chi connectivity index (χ3v) is 1.73. The number of halogens is 1. The standard InChI is InChI=1S/C7H7Br/c1-6-4-2-3-5-7(6)8/h2-5H,1H3/i1D. The topological polar surface area (TPSA) is 0 Å². The van der Waals surface area contributed by atoms with Crippen LogP contribution in [0.25, 0.3) is 0 Å². The molecule has 0 aliphatic heterocycles. The van der Waals surface area contributed by atoms with Crippen LogP contribution in [0.5, 0.6) is 0 Å². The molecule has 0 nitrogen and oxygen atoms in total. The van der Waals surface area contributed by atoms with E-state index in [-0.39, 0.29) is 0 Å². The van der Waals surface area contributed by atoms with Gasteiger partial charge >= 0.3 is 0 Å². The van der Waals surface area contributed by atoms with Gasteiger partial charge in [-0.2, -0.15) is 0 Å². The van der Waals surface area contributed by atoms with Crippen LogP contribution in [0.4, 0.5) is 0 Å². The van der Waals surface area contributed by atoms with E-state index in [4.69, 9.17) is 1.37 Å². The summed E-state index contributed by atoms with van der Waals surface area (Å²) in [6.07, 6.45) is 0. The molecule has 0 aliphatic carbocycles. The average Bonchev–Trinajstić information content (AvgIpc) is 1.89. The molecule has 0 atom stereocenters. The zero-order valence-corrected chi connectivity index (χ0v) is 5.98. The van der Waals surface area contributed by atoms with Crippen LogP contribution in [-0.2, 0) is 0 Å². The van der Waals surface area contributed by atoms with Gasteiger partial charge in [0.05, 0.1) is 0 Å². The van der Waals surface area contributed by atoms with Crippen molar-refractivity contribution < 1.29 is 1.37 Å². The minimum Gasteiger partial charge on any atom is -0.0619 e. The first kappa shape index (κ1) is 4.57. The van der Waals surface area contributed by atoms with Gasteiger partial charge in [-0.1, -0.05) is 34.1 Å². The second kappa shape index (κ2) is 2.31. The smallest absolute Gasteiger partial charge is 0.0280 e. The molecule has 1 aromatic carbocycles. The first-order chi connectivity index (χ1) is 4.34. The van der Waals surface area contributed by atoms with Gasteiger partial charge in [0, 0.05) is 5.84 Å². The van der Waals surface area contributed by atoms with Gasteiger partial charge in [0.1, 0.15) is 0 Å². The highest BCUT2D eigenvalue weighted by Gasteiger charge is 1.85. The average molecular weight is 172 g/mol. The summed E-state index contributed by atoms with van der Waals surface area (Å²) in [5.41, 5.74) is 1.04. The second-order valence-corrected chi connectivity index (χ2v) is 2.45. The molecule has 0 saturated heterocycles. The van der Waals surface area contributed by atoms with E-state index in [0.717, 1.165) is 10.0 Å². The molecule has 0 aromatic heterocycles. The summed E-state index contributed by atoms with van der Waals surface area (Å²) >= 11 is 3.34. The summed E-state index contributed by atoms with van der Waals surface area (Å²) in [4.78, 5) is 0. The fourth-order valence-electron chi connectivity index (χ4n) is 0.498. The molecule has 42 valence electrons. The summed E-state index contributed by atoms with van der Waals surface area (Å²) in [7, 11) is 0. The van der Waals surface area contributed by atoms with E-state index < -0.39 is 0 Å². The summed E-state index contributed by atoms with van der Waals surface area (Å²) in [5.74, 6) is 0. The zero-order valence-electron chi connectivity index (χ0n) is 5.39. The second-order valence-electron chi connectivity index (χ2n) is 1.59. The Morgan fingerprint density at radius 2 is 2.25 bits per heavy atom. The van der Waals surface area contributed by atoms with Crippen LogP contribution in [0.15, 0.2) is 28.7 Å². The summed E-state index contributed by atoms with van der Waals surface area (Å²) in [6, 6.07) is 7.78. The van der Waals surface area contributed by atoms with Crippen LogP contribution in [0.2, 0.25) is 0 Å². The van der Waals surface area contributed by atoms with Crippen LogP contribution >= 0.6 is 15.9 Å². The summed E-state index contributed by atoms with van der Waals surface area (Å²) in [5, 5.41) is 0. The lowest BCUT2D eigenvalue weighted by Gasteiger charge is -1.91. The molecule has 1 heteroatoms. The first-order valence-corrected chi connectivity index (χ1v) is 3.16. The van der Waals surface area contributed by atoms with Gasteiger partial charge in [0.2, 0.25) is 0 Å². The molecule has 0 unspecified atom stereocenters. The third kappa shape index (κ3) is 1.10. The SMILES string of the molecule is [2H]Cc1ccccc1Br. The molecule has 0 fully saturated rings. The Bertz CT molecular complexity index is 198. The molecule has 0 aliphatic rings. The maximum atomic E-state index is 7.05. The molecule has 8 heavy (non-hydrogen) atoms. The zero-order chi connectivity index (χ0) is 6.69. The van der Waals surface area contributed by atoms with Crippen LogP contribution in [0, 0.1) is 6.90 Å². The van der Waals surface area contributed by atoms with Crippen LogP contribution in [0.1, 0.15) is 6.93 Å². The highest BCUT2D eigenvalue weighted by atomic mass is 79.9. The van der Waals surface area contributed by atoms with Crippen LogP contribution in [0.3, 0.4) is 0 Å². The summed E-state index contributed by atoms with van der Waals surface area (Å²) < 4.78 is 8.08. The number of benzene rings is 1. The Kier molecular flexibility index (Phi) is 1.32. The maximum absolute atomic E-state index is 7.05. The highest BCUT2D eigenvalue weighted by molar-refractivity contribution is 9.10. The Labute approximate surface area is 59.1 Å². The van der Waals surface area contributed by atoms with Gasteiger partial charge in [-0.05, 0) is 18.5 Å². The molecule has 1 aromatic rings. The number of rotatable bonds is 0. The fourth-order valence-corrected chi connectivity index (χ4v) is 0.783. The van der Waals surface area contributed by atoms with Crippen molar-refractivity contribution in [3.05, 3.63) is 34.3 Å². The minimum atomic E-state index is 0.349. The Morgan fingerprint density at radius 3 is 2.75 bits per heavy atom. The molecular weight excluding hydrogens is 164 g/mol. The van der Waals surface area contributed by atoms with Crippen LogP contribution < -0.4 is 0 Å². The number of hydrogen-bond acceptors (Lipinski definition) is 0. The van der Waals surface area contributed by atoms with Crippen molar-refractivity contribution in [1.82, 2.24) is 0 Å². The van der Waals surface area contributed by atoms with Crippen molar-refractivity contribution in [2.45, 2.75) is 6.90 Å². The molecule has 0 radical (unpaired) electrons. The predicted molar refractivity (Wildman–Crippen MR) is 38.9 cm³/mol. The Hall–Kier alpha value is -0.300. The molecule has 0 spiro atoms. The van der Waals surface area contributed by atoms with E-state index in [2.05, 4.69) is 15.9 Å². The highest BCUT2D eigenvalue weighted by Crippen LogP contribution is 2.13. The van der Waals surface area contributed by atoms with Crippen molar-refractivity contribution in [2.24, 2.45) is 0 Å². The lowest BCUT2D eigenvalue weighted by atomic mass is 10.2. The lowest BCUT2D eigenvalue weighted by molar-refractivity contribution is 1.43. The van der Waals surface area contributed by atoms with Gasteiger partial charge in [0.15, 0.2) is 0 Å². The summed E-state index contributed by atoms with van der Waals surface area (Å²) in [6.45, 7) is 0.349. The van der Waals surface area contributed by atoms with E-state index >= 15 is 0 Å². The normalized spacial score (nSPS) is 10.9. The Balaban J connectivity index is 3.01. The van der Waals surface area contributed by atoms with Gasteiger partial charge in [0.25, 0.3) is 0 Å². The lowest BCUT2D eigenvalue weighted by Crippen LogP contribution is -1.69. The quantitative estimate of drug-likeness (QED) is 0.564. The van der Waals surface area contributed by atoms with Gasteiger partial charge < -0.3 is 0 Å². The van der Waals surface area contributed by atoms with Crippen molar-refractivity contribution in [2.75, 3.05) is 0 Å². The van der Waals surface area contributed by atoms with Crippen molar-refractivity contribution in [3.63, 3.8) is 0 Å². The van der Waals surface area contributed by atoms with E-state index in [9.17, 15) is 0 Å². The van der Waals surface area contributed by atoms with Gasteiger partial charge in [-0.25, -0.2) is 0 Å². The minimum absolute atomic E-state index is 0.349. The van der Waals surface area contributed by atoms with Crippen molar-refractivity contribution >= 4 is 15.9 Å². The molecule has 0 saturated carbocycles. The number of hydrogen-bond donors (Lipinski definition) is 0. The van der Waals surface area contributed by atoms with Gasteiger partial charge in [-0.15, -0.1) is 0 Å². The molecular formula is C7H7Br. The van der Waals surface area contributed by atoms with E-state index in [0.29, 0.717) is 6.90 Å². The molecule has 1 rings (SSSR count). The van der Waals surface area contributed by atoms with Gasteiger partial charge in [-0.3, -0.25) is 0 Å². The van der Waals surface area contributed by atoms with E-state index in [1.165, 1.54) is 0 Å². The largest absolute Gasteiger partial charge is 0.0619 e. The molecule has 0 N–H and O–H groups in total. The molecule has 0 heterocycles.